The highest BCUT2D eigenvalue weighted by molar-refractivity contribution is 5.78. The fourth-order valence-corrected chi connectivity index (χ4v) is 1.39. The molecule has 0 atom stereocenters. The van der Waals surface area contributed by atoms with Gasteiger partial charge in [0.25, 0.3) is 0 Å². The lowest BCUT2D eigenvalue weighted by Crippen LogP contribution is -2.25. The van der Waals surface area contributed by atoms with Crippen molar-refractivity contribution in [1.82, 2.24) is 5.32 Å². The maximum Gasteiger partial charge on any atom is 0.222 e. The number of hydrogen-bond donors (Lipinski definition) is 1. The molecular weight excluding hydrogens is 174 g/mol. The van der Waals surface area contributed by atoms with Gasteiger partial charge in [-0.15, -0.1) is 0 Å². The molecule has 0 spiro atoms. The molecule has 1 saturated carbocycles. The summed E-state index contributed by atoms with van der Waals surface area (Å²) in [4.78, 5) is 10.9. The lowest BCUT2D eigenvalue weighted by molar-refractivity contribution is -0.124. The predicted octanol–water partition coefficient (Wildman–Crippen LogP) is 3.61. The second kappa shape index (κ2) is 12.5. The van der Waals surface area contributed by atoms with Gasteiger partial charge in [-0.05, 0) is 12.8 Å². The first-order chi connectivity index (χ1) is 6.76. The van der Waals surface area contributed by atoms with E-state index >= 15 is 0 Å². The maximum absolute atomic E-state index is 10.9. The van der Waals surface area contributed by atoms with Crippen LogP contribution in [0.1, 0.15) is 61.2 Å². The third-order valence-electron chi connectivity index (χ3n) is 1.97. The molecule has 0 aromatic rings. The summed E-state index contributed by atoms with van der Waals surface area (Å²) in [6.07, 6.45) is 5.91. The fourth-order valence-electron chi connectivity index (χ4n) is 1.39. The molecular formula is C12H29NO. The molecule has 0 aliphatic heterocycles. The Kier molecular flexibility index (Phi) is 14.2. The molecule has 0 aromatic heterocycles. The van der Waals surface area contributed by atoms with Crippen molar-refractivity contribution in [3.8, 4) is 0 Å². The summed E-state index contributed by atoms with van der Waals surface area (Å²) >= 11 is 0. The van der Waals surface area contributed by atoms with Crippen LogP contribution >= 0.6 is 0 Å². The Balaban J connectivity index is -0.000000209. The average molecular weight is 203 g/mol. The summed E-state index contributed by atoms with van der Waals surface area (Å²) in [5, 5.41) is 2.67. The third kappa shape index (κ3) is 8.09. The topological polar surface area (TPSA) is 29.1 Å². The van der Waals surface area contributed by atoms with Crippen LogP contribution in [0.2, 0.25) is 0 Å². The van der Waals surface area contributed by atoms with E-state index in [1.165, 1.54) is 19.3 Å². The molecule has 1 fully saturated rings. The first-order valence-corrected chi connectivity index (χ1v) is 5.97. The van der Waals surface area contributed by atoms with Crippen molar-refractivity contribution < 1.29 is 6.22 Å². The zero-order chi connectivity index (χ0) is 11.4. The van der Waals surface area contributed by atoms with Gasteiger partial charge in [-0.3, -0.25) is 4.79 Å². The van der Waals surface area contributed by atoms with E-state index in [1.807, 2.05) is 13.8 Å². The van der Waals surface area contributed by atoms with E-state index in [2.05, 4.69) is 19.2 Å². The summed E-state index contributed by atoms with van der Waals surface area (Å²) in [5.74, 6) is 0.558. The van der Waals surface area contributed by atoms with Gasteiger partial charge in [0, 0.05) is 14.4 Å². The number of rotatable bonds is 1. The van der Waals surface area contributed by atoms with E-state index in [0.29, 0.717) is 5.92 Å². The van der Waals surface area contributed by atoms with Gasteiger partial charge in [-0.2, -0.15) is 0 Å². The van der Waals surface area contributed by atoms with Gasteiger partial charge < -0.3 is 5.32 Å². The lowest BCUT2D eigenvalue weighted by Gasteiger charge is -2.04. The first-order valence-electron chi connectivity index (χ1n) is 5.97. The molecule has 2 nitrogen and oxygen atoms in total. The van der Waals surface area contributed by atoms with E-state index in [0.717, 1.165) is 12.8 Å². The quantitative estimate of drug-likeness (QED) is 0.693. The van der Waals surface area contributed by atoms with Crippen molar-refractivity contribution in [3.05, 3.63) is 0 Å². The Morgan fingerprint density at radius 2 is 1.64 bits per heavy atom. The smallest absolute Gasteiger partial charge is 0.222 e. The fraction of sp³-hybridized carbons (Fsp3) is 0.917. The molecule has 88 valence electrons. The highest BCUT2D eigenvalue weighted by atomic mass is 16.1. The number of amides is 1. The van der Waals surface area contributed by atoms with Gasteiger partial charge in [-0.25, -0.2) is 0 Å². The molecule has 1 rings (SSSR count). The molecule has 2 heteroatoms. The van der Waals surface area contributed by atoms with Crippen LogP contribution in [0.3, 0.4) is 0 Å². The van der Waals surface area contributed by atoms with Gasteiger partial charge in [0.1, 0.15) is 0 Å². The zero-order valence-electron chi connectivity index (χ0n) is 10.5. The summed E-state index contributed by atoms with van der Waals surface area (Å²) in [5.41, 5.74) is 0. The van der Waals surface area contributed by atoms with Gasteiger partial charge in [0.05, 0.1) is 0 Å². The number of nitrogens with one attached hydrogen (secondary N) is 1. The Hall–Kier alpha value is -0.530. The van der Waals surface area contributed by atoms with Gasteiger partial charge >= 0.3 is 0 Å². The molecule has 0 unspecified atom stereocenters. The molecule has 1 aliphatic carbocycles. The monoisotopic (exact) mass is 203 g/mol. The molecule has 1 amide bonds. The minimum Gasteiger partial charge on any atom is -0.359 e. The van der Waals surface area contributed by atoms with Crippen LogP contribution in [0, 0.1) is 5.92 Å². The number of carbonyl (C=O) groups excluding carboxylic acids is 1. The Morgan fingerprint density at radius 3 is 1.93 bits per heavy atom. The van der Waals surface area contributed by atoms with Crippen molar-refractivity contribution >= 4 is 5.91 Å². The van der Waals surface area contributed by atoms with Crippen LogP contribution in [-0.4, -0.2) is 13.0 Å². The van der Waals surface area contributed by atoms with Crippen LogP contribution < -0.4 is 5.32 Å². The summed E-state index contributed by atoms with van der Waals surface area (Å²) < 4.78 is 0. The molecule has 0 saturated heterocycles. The molecule has 0 aromatic carbocycles. The number of hydrogen-bond acceptors (Lipinski definition) is 1. The molecule has 1 aliphatic rings. The van der Waals surface area contributed by atoms with Crippen LogP contribution in [0.4, 0.5) is 0 Å². The van der Waals surface area contributed by atoms with Crippen molar-refractivity contribution in [1.29, 1.82) is 0 Å². The highest BCUT2D eigenvalue weighted by Gasteiger charge is 2.20. The van der Waals surface area contributed by atoms with Gasteiger partial charge in [-0.1, -0.05) is 47.0 Å². The van der Waals surface area contributed by atoms with E-state index in [-0.39, 0.29) is 7.33 Å². The highest BCUT2D eigenvalue weighted by Crippen LogP contribution is 2.24. The molecule has 14 heavy (non-hydrogen) atoms. The Bertz CT molecular complexity index is 123. The standard InChI is InChI=1S/C7H13NO.C3H8.C2H6.H2/c1-8-7(9)6-4-2-3-5-6;1-3-2;1-2;/h6H,2-5H2,1H3,(H,8,9);3H2,1-2H3;1-2H3;1H. The van der Waals surface area contributed by atoms with E-state index < -0.39 is 0 Å². The molecule has 0 radical (unpaired) electrons. The number of carbonyl (C=O) groups is 1. The lowest BCUT2D eigenvalue weighted by atomic mass is 10.1. The van der Waals surface area contributed by atoms with E-state index in [4.69, 9.17) is 0 Å². The normalized spacial score (nSPS) is 14.6. The second-order valence-electron chi connectivity index (χ2n) is 3.30. The van der Waals surface area contributed by atoms with Crippen LogP contribution in [0.15, 0.2) is 0 Å². The van der Waals surface area contributed by atoms with Crippen molar-refractivity contribution in [2.24, 2.45) is 5.92 Å². The summed E-state index contributed by atoms with van der Waals surface area (Å²) in [6, 6.07) is 0. The molecule has 0 heterocycles. The Labute approximate surface area is 91.0 Å². The minimum absolute atomic E-state index is 0. The average Bonchev–Trinajstić information content (AvgIpc) is 2.74. The van der Waals surface area contributed by atoms with Crippen molar-refractivity contribution in [2.45, 2.75) is 59.8 Å². The molecule has 1 N–H and O–H groups in total. The summed E-state index contributed by atoms with van der Waals surface area (Å²) in [7, 11) is 1.71. The van der Waals surface area contributed by atoms with E-state index in [9.17, 15) is 4.79 Å². The van der Waals surface area contributed by atoms with E-state index in [1.54, 1.807) is 7.05 Å². The predicted molar refractivity (Wildman–Crippen MR) is 65.5 cm³/mol. The van der Waals surface area contributed by atoms with Crippen molar-refractivity contribution in [2.75, 3.05) is 7.05 Å². The van der Waals surface area contributed by atoms with Gasteiger partial charge in [0.2, 0.25) is 5.91 Å². The summed E-state index contributed by atoms with van der Waals surface area (Å²) in [6.45, 7) is 8.25. The molecule has 0 bridgehead atoms. The maximum atomic E-state index is 10.9. The van der Waals surface area contributed by atoms with Crippen molar-refractivity contribution in [3.63, 3.8) is 0 Å². The van der Waals surface area contributed by atoms with Crippen LogP contribution in [0.25, 0.3) is 0 Å². The first kappa shape index (κ1) is 15.9. The largest absolute Gasteiger partial charge is 0.359 e. The Morgan fingerprint density at radius 1 is 1.29 bits per heavy atom. The van der Waals surface area contributed by atoms with Crippen LogP contribution in [-0.2, 0) is 4.79 Å². The third-order valence-corrected chi connectivity index (χ3v) is 1.97. The van der Waals surface area contributed by atoms with Crippen LogP contribution in [0.5, 0.6) is 0 Å². The zero-order valence-corrected chi connectivity index (χ0v) is 10.5. The van der Waals surface area contributed by atoms with Gasteiger partial charge in [0.15, 0.2) is 0 Å². The SMILES string of the molecule is CC.CCC.CNC(=O)C1CCCC1.[HH]. The second-order valence-corrected chi connectivity index (χ2v) is 3.30. The minimum atomic E-state index is 0.